The van der Waals surface area contributed by atoms with Gasteiger partial charge in [0.15, 0.2) is 0 Å². The van der Waals surface area contributed by atoms with Gasteiger partial charge in [0.2, 0.25) is 5.91 Å². The molecule has 0 aromatic heterocycles. The fraction of sp³-hybridized carbons (Fsp3) is 0.611. The summed E-state index contributed by atoms with van der Waals surface area (Å²) >= 11 is 0. The molecule has 0 bridgehead atoms. The predicted molar refractivity (Wildman–Crippen MR) is 84.7 cm³/mol. The van der Waals surface area contributed by atoms with E-state index >= 15 is 0 Å². The summed E-state index contributed by atoms with van der Waals surface area (Å²) in [4.78, 5) is 15.2. The van der Waals surface area contributed by atoms with E-state index in [1.54, 1.807) is 0 Å². The molecule has 3 rings (SSSR count). The molecule has 1 N–H and O–H groups in total. The minimum absolute atomic E-state index is 0.148. The lowest BCUT2D eigenvalue weighted by molar-refractivity contribution is -0.139. The van der Waals surface area contributed by atoms with E-state index in [4.69, 9.17) is 0 Å². The zero-order valence-corrected chi connectivity index (χ0v) is 13.1. The van der Waals surface area contributed by atoms with Crippen LogP contribution in [0.25, 0.3) is 0 Å². The Labute approximate surface area is 127 Å². The van der Waals surface area contributed by atoms with Gasteiger partial charge in [-0.2, -0.15) is 0 Å². The second-order valence-corrected chi connectivity index (χ2v) is 6.67. The number of rotatable bonds is 5. The van der Waals surface area contributed by atoms with Crippen molar-refractivity contribution in [3.05, 3.63) is 35.9 Å². The molecule has 3 atom stereocenters. The highest BCUT2D eigenvalue weighted by Crippen LogP contribution is 2.36. The molecular weight excluding hydrogens is 260 g/mol. The molecule has 2 aliphatic rings. The van der Waals surface area contributed by atoms with Gasteiger partial charge in [0.05, 0.1) is 5.92 Å². The van der Waals surface area contributed by atoms with Crippen LogP contribution < -0.4 is 5.32 Å². The highest BCUT2D eigenvalue weighted by atomic mass is 16.2. The van der Waals surface area contributed by atoms with Gasteiger partial charge in [-0.05, 0) is 51.1 Å². The van der Waals surface area contributed by atoms with Gasteiger partial charge >= 0.3 is 0 Å². The summed E-state index contributed by atoms with van der Waals surface area (Å²) < 4.78 is 0. The summed E-state index contributed by atoms with van der Waals surface area (Å²) in [5, 5.41) is 3.41. The van der Waals surface area contributed by atoms with Gasteiger partial charge in [-0.15, -0.1) is 0 Å². The molecule has 1 saturated carbocycles. The first-order valence-corrected chi connectivity index (χ1v) is 8.24. The number of nitrogens with one attached hydrogen (secondary N) is 1. The number of hydrogen-bond donors (Lipinski definition) is 1. The topological polar surface area (TPSA) is 32.3 Å². The lowest BCUT2D eigenvalue weighted by atomic mass is 9.98. The second kappa shape index (κ2) is 6.18. The minimum Gasteiger partial charge on any atom is -0.335 e. The molecule has 1 heterocycles. The zero-order valence-electron chi connectivity index (χ0n) is 13.1. The van der Waals surface area contributed by atoms with Crippen molar-refractivity contribution in [3.63, 3.8) is 0 Å². The normalized spacial score (nSPS) is 26.6. The van der Waals surface area contributed by atoms with E-state index in [-0.39, 0.29) is 5.92 Å². The Morgan fingerprint density at radius 1 is 1.29 bits per heavy atom. The third-order valence-electron chi connectivity index (χ3n) is 5.12. The Bertz CT molecular complexity index is 483. The predicted octanol–water partition coefficient (Wildman–Crippen LogP) is 2.81. The van der Waals surface area contributed by atoms with Gasteiger partial charge in [-0.25, -0.2) is 0 Å². The smallest absolute Gasteiger partial charge is 0.227 e. The first-order chi connectivity index (χ1) is 10.2. The first-order valence-electron chi connectivity index (χ1n) is 8.24. The molecule has 1 amide bonds. The van der Waals surface area contributed by atoms with Crippen molar-refractivity contribution in [2.75, 3.05) is 6.54 Å². The average molecular weight is 286 g/mol. The van der Waals surface area contributed by atoms with E-state index in [9.17, 15) is 4.79 Å². The van der Waals surface area contributed by atoms with Crippen molar-refractivity contribution in [2.24, 2.45) is 11.8 Å². The van der Waals surface area contributed by atoms with Crippen LogP contribution in [0.1, 0.15) is 38.7 Å². The molecule has 1 aromatic rings. The third-order valence-corrected chi connectivity index (χ3v) is 5.12. The summed E-state index contributed by atoms with van der Waals surface area (Å²) in [6, 6.07) is 11.1. The average Bonchev–Trinajstić information content (AvgIpc) is 3.26. The van der Waals surface area contributed by atoms with Crippen molar-refractivity contribution in [3.8, 4) is 0 Å². The molecule has 1 aliphatic heterocycles. The molecule has 1 aromatic carbocycles. The molecule has 2 fully saturated rings. The van der Waals surface area contributed by atoms with Gasteiger partial charge in [0, 0.05) is 18.6 Å². The lowest BCUT2D eigenvalue weighted by Gasteiger charge is -2.33. The molecule has 0 radical (unpaired) electrons. The number of hydrogen-bond acceptors (Lipinski definition) is 2. The van der Waals surface area contributed by atoms with Crippen LogP contribution in [0.3, 0.4) is 0 Å². The lowest BCUT2D eigenvalue weighted by Crippen LogP contribution is -2.45. The first kappa shape index (κ1) is 14.6. The Morgan fingerprint density at radius 3 is 2.57 bits per heavy atom. The number of benzene rings is 1. The van der Waals surface area contributed by atoms with Crippen LogP contribution in [0, 0.1) is 11.8 Å². The number of nitrogens with zero attached hydrogens (tertiary/aromatic N) is 1. The van der Waals surface area contributed by atoms with E-state index in [1.807, 2.05) is 6.07 Å². The zero-order chi connectivity index (χ0) is 14.8. The van der Waals surface area contributed by atoms with E-state index in [0.29, 0.717) is 23.9 Å². The fourth-order valence-corrected chi connectivity index (χ4v) is 3.44. The Morgan fingerprint density at radius 2 is 2.00 bits per heavy atom. The van der Waals surface area contributed by atoms with Crippen LogP contribution in [0.15, 0.2) is 30.3 Å². The summed E-state index contributed by atoms with van der Waals surface area (Å²) in [6.45, 7) is 6.08. The minimum atomic E-state index is 0.148. The molecule has 1 saturated heterocycles. The van der Waals surface area contributed by atoms with Crippen LogP contribution in [0.2, 0.25) is 0 Å². The summed E-state index contributed by atoms with van der Waals surface area (Å²) in [7, 11) is 0. The number of amides is 1. The summed E-state index contributed by atoms with van der Waals surface area (Å²) in [6.07, 6.45) is 3.53. The van der Waals surface area contributed by atoms with Crippen LogP contribution in [0.4, 0.5) is 0 Å². The largest absolute Gasteiger partial charge is 0.335 e. The molecule has 3 unspecified atom stereocenters. The Balaban J connectivity index is 1.76. The van der Waals surface area contributed by atoms with Crippen molar-refractivity contribution in [2.45, 2.75) is 51.7 Å². The monoisotopic (exact) mass is 286 g/mol. The molecule has 0 spiro atoms. The standard InChI is InChI=1S/C18H26N2O/c1-13-17(10-11-19-13)18(21)20(14(2)16-8-9-16)12-15-6-4-3-5-7-15/h3-7,13-14,16-17,19H,8-12H2,1-2H3. The van der Waals surface area contributed by atoms with Gasteiger partial charge in [-0.1, -0.05) is 30.3 Å². The fourth-order valence-electron chi connectivity index (χ4n) is 3.44. The quantitative estimate of drug-likeness (QED) is 0.902. The Hall–Kier alpha value is -1.35. The van der Waals surface area contributed by atoms with E-state index in [0.717, 1.165) is 19.5 Å². The van der Waals surface area contributed by atoms with Crippen LogP contribution >= 0.6 is 0 Å². The molecule has 114 valence electrons. The molecule has 1 aliphatic carbocycles. The maximum absolute atomic E-state index is 13.0. The molecule has 3 heteroatoms. The second-order valence-electron chi connectivity index (χ2n) is 6.67. The highest BCUT2D eigenvalue weighted by Gasteiger charge is 2.39. The highest BCUT2D eigenvalue weighted by molar-refractivity contribution is 5.80. The van der Waals surface area contributed by atoms with Crippen molar-refractivity contribution < 1.29 is 4.79 Å². The van der Waals surface area contributed by atoms with Crippen molar-refractivity contribution >= 4 is 5.91 Å². The van der Waals surface area contributed by atoms with E-state index < -0.39 is 0 Å². The van der Waals surface area contributed by atoms with Crippen LogP contribution in [0.5, 0.6) is 0 Å². The third kappa shape index (κ3) is 3.29. The SMILES string of the molecule is CC1NCCC1C(=O)N(Cc1ccccc1)C(C)C1CC1. The molecular formula is C18H26N2O. The summed E-state index contributed by atoms with van der Waals surface area (Å²) in [5.74, 6) is 1.20. The number of carbonyl (C=O) groups excluding carboxylic acids is 1. The maximum Gasteiger partial charge on any atom is 0.227 e. The van der Waals surface area contributed by atoms with Gasteiger partial charge in [0.1, 0.15) is 0 Å². The van der Waals surface area contributed by atoms with Gasteiger partial charge in [0.25, 0.3) is 0 Å². The van der Waals surface area contributed by atoms with Crippen molar-refractivity contribution in [1.82, 2.24) is 10.2 Å². The van der Waals surface area contributed by atoms with E-state index in [1.165, 1.54) is 18.4 Å². The van der Waals surface area contributed by atoms with Crippen LogP contribution in [-0.4, -0.2) is 29.4 Å². The van der Waals surface area contributed by atoms with Crippen LogP contribution in [-0.2, 0) is 11.3 Å². The molecule has 21 heavy (non-hydrogen) atoms. The van der Waals surface area contributed by atoms with Crippen molar-refractivity contribution in [1.29, 1.82) is 0 Å². The Kier molecular flexibility index (Phi) is 4.29. The summed E-state index contributed by atoms with van der Waals surface area (Å²) in [5.41, 5.74) is 1.23. The van der Waals surface area contributed by atoms with Gasteiger partial charge < -0.3 is 10.2 Å². The van der Waals surface area contributed by atoms with E-state index in [2.05, 4.69) is 48.3 Å². The number of carbonyl (C=O) groups is 1. The maximum atomic E-state index is 13.0. The molecule has 3 nitrogen and oxygen atoms in total. The van der Waals surface area contributed by atoms with Gasteiger partial charge in [-0.3, -0.25) is 4.79 Å².